The Morgan fingerprint density at radius 3 is 2.23 bits per heavy atom. The van der Waals surface area contributed by atoms with Crippen LogP contribution in [-0.4, -0.2) is 18.1 Å². The second-order valence-electron chi connectivity index (χ2n) is 5.43. The van der Waals surface area contributed by atoms with Crippen LogP contribution in [0.1, 0.15) is 11.1 Å². The predicted octanol–water partition coefficient (Wildman–Crippen LogP) is 3.91. The molecule has 2 aromatic rings. The summed E-state index contributed by atoms with van der Waals surface area (Å²) in [5.41, 5.74) is 0.0550. The second kappa shape index (κ2) is 6.87. The molecule has 1 aliphatic rings. The van der Waals surface area contributed by atoms with E-state index in [1.807, 2.05) is 18.4 Å². The van der Waals surface area contributed by atoms with Crippen molar-refractivity contribution in [2.24, 2.45) is 0 Å². The number of carbonyl (C=O) groups excluding carboxylic acids is 2. The molecule has 2 aromatic carbocycles. The van der Waals surface area contributed by atoms with E-state index in [0.717, 1.165) is 17.0 Å². The van der Waals surface area contributed by atoms with E-state index < -0.39 is 23.6 Å². The minimum absolute atomic E-state index is 0.0104. The lowest BCUT2D eigenvalue weighted by Crippen LogP contribution is -2.24. The largest absolute Gasteiger partial charge is 0.416 e. The number of amides is 2. The highest BCUT2D eigenvalue weighted by Gasteiger charge is 2.33. The van der Waals surface area contributed by atoms with Gasteiger partial charge in [-0.25, -0.2) is 0 Å². The summed E-state index contributed by atoms with van der Waals surface area (Å²) in [6, 6.07) is 11.3. The molecule has 26 heavy (non-hydrogen) atoms. The number of hydrogen-bond donors (Lipinski definition) is 2. The summed E-state index contributed by atoms with van der Waals surface area (Å²) >= 11 is 1.46. The fourth-order valence-electron chi connectivity index (χ4n) is 2.56. The standard InChI is InChI=1S/C18H13F3N2O2S/c1-26-13-5-3-2-4-12(13)22-15-14(16(24)23-17(15)25)10-6-8-11(9-7-10)18(19,20)21/h2-9H,1H3,(H2,22,23,24,25). The molecule has 0 radical (unpaired) electrons. The summed E-state index contributed by atoms with van der Waals surface area (Å²) in [5.74, 6) is -1.28. The van der Waals surface area contributed by atoms with Gasteiger partial charge in [0.1, 0.15) is 5.70 Å². The lowest BCUT2D eigenvalue weighted by molar-refractivity contribution is -0.137. The van der Waals surface area contributed by atoms with Crippen molar-refractivity contribution in [3.63, 3.8) is 0 Å². The first kappa shape index (κ1) is 18.1. The number of imide groups is 1. The first-order chi connectivity index (χ1) is 12.3. The van der Waals surface area contributed by atoms with E-state index in [1.54, 1.807) is 12.1 Å². The van der Waals surface area contributed by atoms with Crippen molar-refractivity contribution in [1.82, 2.24) is 5.32 Å². The Hall–Kier alpha value is -2.74. The lowest BCUT2D eigenvalue weighted by Gasteiger charge is -2.12. The van der Waals surface area contributed by atoms with Gasteiger partial charge in [0, 0.05) is 4.90 Å². The molecule has 0 bridgehead atoms. The Bertz CT molecular complexity index is 905. The van der Waals surface area contributed by atoms with Crippen LogP contribution in [0.2, 0.25) is 0 Å². The molecule has 0 unspecified atom stereocenters. The van der Waals surface area contributed by atoms with E-state index in [9.17, 15) is 22.8 Å². The number of hydrogen-bond acceptors (Lipinski definition) is 4. The average Bonchev–Trinajstić information content (AvgIpc) is 2.88. The molecular formula is C18H13F3N2O2S. The third-order valence-corrected chi connectivity index (χ3v) is 4.59. The van der Waals surface area contributed by atoms with Gasteiger partial charge in [0.15, 0.2) is 0 Å². The average molecular weight is 378 g/mol. The molecule has 0 saturated heterocycles. The Kier molecular flexibility index (Phi) is 4.78. The number of alkyl halides is 3. The predicted molar refractivity (Wildman–Crippen MR) is 93.4 cm³/mol. The van der Waals surface area contributed by atoms with E-state index in [1.165, 1.54) is 23.9 Å². The zero-order valence-electron chi connectivity index (χ0n) is 13.5. The Morgan fingerprint density at radius 1 is 0.962 bits per heavy atom. The van der Waals surface area contributed by atoms with Crippen molar-refractivity contribution < 1.29 is 22.8 Å². The zero-order chi connectivity index (χ0) is 18.9. The molecule has 0 aliphatic carbocycles. The Balaban J connectivity index is 2.03. The van der Waals surface area contributed by atoms with Gasteiger partial charge in [0.2, 0.25) is 0 Å². The van der Waals surface area contributed by atoms with Gasteiger partial charge in [0.25, 0.3) is 11.8 Å². The van der Waals surface area contributed by atoms with Crippen molar-refractivity contribution >= 4 is 34.8 Å². The van der Waals surface area contributed by atoms with E-state index in [0.29, 0.717) is 5.69 Å². The highest BCUT2D eigenvalue weighted by atomic mass is 32.2. The second-order valence-corrected chi connectivity index (χ2v) is 6.28. The van der Waals surface area contributed by atoms with Crippen LogP contribution >= 0.6 is 11.8 Å². The number of para-hydroxylation sites is 1. The third kappa shape index (κ3) is 3.45. The van der Waals surface area contributed by atoms with Crippen LogP contribution < -0.4 is 10.6 Å². The molecule has 0 saturated carbocycles. The molecule has 3 rings (SSSR count). The van der Waals surface area contributed by atoms with E-state index in [4.69, 9.17) is 0 Å². The van der Waals surface area contributed by atoms with Crippen molar-refractivity contribution in [2.75, 3.05) is 11.6 Å². The quantitative estimate of drug-likeness (QED) is 0.626. The zero-order valence-corrected chi connectivity index (χ0v) is 14.3. The van der Waals surface area contributed by atoms with Crippen molar-refractivity contribution in [3.05, 3.63) is 65.4 Å². The van der Waals surface area contributed by atoms with Gasteiger partial charge < -0.3 is 5.32 Å². The topological polar surface area (TPSA) is 58.2 Å². The van der Waals surface area contributed by atoms with E-state index in [2.05, 4.69) is 10.6 Å². The molecule has 0 spiro atoms. The molecular weight excluding hydrogens is 365 g/mol. The summed E-state index contributed by atoms with van der Waals surface area (Å²) in [7, 11) is 0. The van der Waals surface area contributed by atoms with E-state index >= 15 is 0 Å². The highest BCUT2D eigenvalue weighted by molar-refractivity contribution is 7.98. The number of halogens is 3. The molecule has 134 valence electrons. The SMILES string of the molecule is CSc1ccccc1NC1=C(c2ccc(C(F)(F)F)cc2)C(=O)NC1=O. The summed E-state index contributed by atoms with van der Waals surface area (Å²) in [6.07, 6.45) is -2.61. The molecule has 1 heterocycles. The van der Waals surface area contributed by atoms with Crippen molar-refractivity contribution in [2.45, 2.75) is 11.1 Å². The van der Waals surface area contributed by atoms with Gasteiger partial charge in [-0.2, -0.15) is 13.2 Å². The maximum absolute atomic E-state index is 12.7. The smallest absolute Gasteiger partial charge is 0.349 e. The summed E-state index contributed by atoms with van der Waals surface area (Å²) in [6.45, 7) is 0. The first-order valence-electron chi connectivity index (χ1n) is 7.49. The monoisotopic (exact) mass is 378 g/mol. The maximum Gasteiger partial charge on any atom is 0.416 e. The van der Waals surface area contributed by atoms with Gasteiger partial charge in [-0.1, -0.05) is 24.3 Å². The number of nitrogens with one attached hydrogen (secondary N) is 2. The summed E-state index contributed by atoms with van der Waals surface area (Å²) in [5, 5.41) is 5.11. The fourth-order valence-corrected chi connectivity index (χ4v) is 3.11. The number of benzene rings is 2. The van der Waals surface area contributed by atoms with Gasteiger partial charge in [-0.3, -0.25) is 14.9 Å². The number of rotatable bonds is 4. The van der Waals surface area contributed by atoms with Crippen LogP contribution in [0.4, 0.5) is 18.9 Å². The molecule has 0 aromatic heterocycles. The third-order valence-electron chi connectivity index (χ3n) is 3.80. The van der Waals surface area contributed by atoms with Crippen LogP contribution in [0.25, 0.3) is 5.57 Å². The van der Waals surface area contributed by atoms with Crippen molar-refractivity contribution in [1.29, 1.82) is 0 Å². The minimum Gasteiger partial charge on any atom is -0.349 e. The van der Waals surface area contributed by atoms with Gasteiger partial charge >= 0.3 is 6.18 Å². The summed E-state index contributed by atoms with van der Waals surface area (Å²) < 4.78 is 38.2. The normalized spacial score (nSPS) is 14.6. The van der Waals surface area contributed by atoms with Crippen molar-refractivity contribution in [3.8, 4) is 0 Å². The van der Waals surface area contributed by atoms with Crippen LogP contribution in [0, 0.1) is 0 Å². The Labute approximate surface area is 151 Å². The van der Waals surface area contributed by atoms with Crippen LogP contribution in [0.15, 0.2) is 59.1 Å². The summed E-state index contributed by atoms with van der Waals surface area (Å²) in [4.78, 5) is 25.2. The van der Waals surface area contributed by atoms with Gasteiger partial charge in [0.05, 0.1) is 16.8 Å². The Morgan fingerprint density at radius 2 is 1.62 bits per heavy atom. The first-order valence-corrected chi connectivity index (χ1v) is 8.71. The van der Waals surface area contributed by atoms with Crippen LogP contribution in [-0.2, 0) is 15.8 Å². The fraction of sp³-hybridized carbons (Fsp3) is 0.111. The molecule has 2 amide bonds. The number of carbonyl (C=O) groups is 2. The van der Waals surface area contributed by atoms with E-state index in [-0.39, 0.29) is 16.8 Å². The lowest BCUT2D eigenvalue weighted by atomic mass is 10.0. The van der Waals surface area contributed by atoms with Crippen LogP contribution in [0.3, 0.4) is 0 Å². The van der Waals surface area contributed by atoms with Gasteiger partial charge in [-0.15, -0.1) is 11.8 Å². The highest BCUT2D eigenvalue weighted by Crippen LogP contribution is 2.33. The molecule has 0 atom stereocenters. The number of thioether (sulfide) groups is 1. The number of anilines is 1. The molecule has 2 N–H and O–H groups in total. The molecule has 8 heteroatoms. The molecule has 0 fully saturated rings. The van der Waals surface area contributed by atoms with Gasteiger partial charge in [-0.05, 0) is 36.1 Å². The minimum atomic E-state index is -4.47. The molecule has 1 aliphatic heterocycles. The maximum atomic E-state index is 12.7. The molecule has 4 nitrogen and oxygen atoms in total. The van der Waals surface area contributed by atoms with Crippen LogP contribution in [0.5, 0.6) is 0 Å².